The molecule has 1 aliphatic heterocycles. The summed E-state index contributed by atoms with van der Waals surface area (Å²) in [7, 11) is 0. The molecule has 0 spiro atoms. The van der Waals surface area contributed by atoms with Crippen molar-refractivity contribution in [2.45, 2.75) is 32.9 Å². The van der Waals surface area contributed by atoms with Crippen molar-refractivity contribution in [3.05, 3.63) is 23.8 Å². The third-order valence-corrected chi connectivity index (χ3v) is 3.31. The van der Waals surface area contributed by atoms with Crippen LogP contribution < -0.4 is 5.73 Å². The van der Waals surface area contributed by atoms with Gasteiger partial charge < -0.3 is 15.0 Å². The van der Waals surface area contributed by atoms with Crippen LogP contribution in [0.25, 0.3) is 11.5 Å². The van der Waals surface area contributed by atoms with E-state index in [1.54, 1.807) is 12.5 Å². The highest BCUT2D eigenvalue weighted by Gasteiger charge is 2.19. The van der Waals surface area contributed by atoms with E-state index in [-0.39, 0.29) is 0 Å². The van der Waals surface area contributed by atoms with Crippen LogP contribution >= 0.6 is 0 Å². The third kappa shape index (κ3) is 2.08. The Kier molecular flexibility index (Phi) is 2.94. The van der Waals surface area contributed by atoms with Gasteiger partial charge in [0.25, 0.3) is 0 Å². The average molecular weight is 259 g/mol. The summed E-state index contributed by atoms with van der Waals surface area (Å²) in [6.45, 7) is 5.39. The van der Waals surface area contributed by atoms with Gasteiger partial charge in [-0.05, 0) is 13.8 Å². The van der Waals surface area contributed by atoms with Crippen molar-refractivity contribution in [2.24, 2.45) is 0 Å². The van der Waals surface area contributed by atoms with Crippen molar-refractivity contribution in [3.8, 4) is 11.5 Å². The lowest BCUT2D eigenvalue weighted by molar-refractivity contribution is 0.109. The van der Waals surface area contributed by atoms with E-state index in [1.807, 2.05) is 4.57 Å². The zero-order valence-corrected chi connectivity index (χ0v) is 11.1. The zero-order chi connectivity index (χ0) is 13.4. The smallest absolute Gasteiger partial charge is 0.180 e. The monoisotopic (exact) mass is 259 g/mol. The Labute approximate surface area is 111 Å². The Morgan fingerprint density at radius 3 is 3.00 bits per heavy atom. The van der Waals surface area contributed by atoms with E-state index < -0.39 is 0 Å². The maximum Gasteiger partial charge on any atom is 0.180 e. The molecule has 6 nitrogen and oxygen atoms in total. The van der Waals surface area contributed by atoms with Gasteiger partial charge in [0.05, 0.1) is 31.4 Å². The lowest BCUT2D eigenvalue weighted by Crippen LogP contribution is -2.16. The first-order chi connectivity index (χ1) is 9.16. The lowest BCUT2D eigenvalue weighted by Gasteiger charge is -2.18. The second kappa shape index (κ2) is 4.62. The molecule has 2 N–H and O–H groups in total. The molecular formula is C13H17N5O. The fourth-order valence-corrected chi connectivity index (χ4v) is 2.26. The first-order valence-electron chi connectivity index (χ1n) is 6.42. The summed E-state index contributed by atoms with van der Waals surface area (Å²) in [5, 5.41) is 0. The molecule has 0 saturated heterocycles. The molecule has 0 amide bonds. The quantitative estimate of drug-likeness (QED) is 0.885. The highest BCUT2D eigenvalue weighted by atomic mass is 16.5. The summed E-state index contributed by atoms with van der Waals surface area (Å²) >= 11 is 0. The SMILES string of the molecule is CC(C)n1cncc1-c1nc(N)c2c(n1)CCOC2. The van der Waals surface area contributed by atoms with Crippen molar-refractivity contribution in [1.82, 2.24) is 19.5 Å². The number of rotatable bonds is 2. The number of fused-ring (bicyclic) bond motifs is 1. The first-order valence-corrected chi connectivity index (χ1v) is 6.42. The number of nitrogen functional groups attached to an aromatic ring is 1. The largest absolute Gasteiger partial charge is 0.383 e. The number of hydrogen-bond acceptors (Lipinski definition) is 5. The van der Waals surface area contributed by atoms with Crippen LogP contribution in [0.4, 0.5) is 5.82 Å². The molecule has 0 aliphatic carbocycles. The number of aromatic nitrogens is 4. The van der Waals surface area contributed by atoms with Gasteiger partial charge in [0, 0.05) is 18.0 Å². The van der Waals surface area contributed by atoms with Gasteiger partial charge in [0.15, 0.2) is 5.82 Å². The summed E-state index contributed by atoms with van der Waals surface area (Å²) in [6.07, 6.45) is 4.35. The number of nitrogens with zero attached hydrogens (tertiary/aromatic N) is 4. The summed E-state index contributed by atoms with van der Waals surface area (Å²) in [6, 6.07) is 0.307. The lowest BCUT2D eigenvalue weighted by atomic mass is 10.1. The van der Waals surface area contributed by atoms with Crippen LogP contribution in [0, 0.1) is 0 Å². The van der Waals surface area contributed by atoms with Gasteiger partial charge in [-0.2, -0.15) is 0 Å². The fourth-order valence-electron chi connectivity index (χ4n) is 2.26. The molecule has 0 aromatic carbocycles. The molecule has 3 heterocycles. The Morgan fingerprint density at radius 1 is 1.37 bits per heavy atom. The molecule has 19 heavy (non-hydrogen) atoms. The van der Waals surface area contributed by atoms with Crippen LogP contribution in [0.1, 0.15) is 31.1 Å². The molecule has 0 unspecified atom stereocenters. The van der Waals surface area contributed by atoms with Gasteiger partial charge in [0.2, 0.25) is 0 Å². The second-order valence-electron chi connectivity index (χ2n) is 4.94. The Morgan fingerprint density at radius 2 is 2.21 bits per heavy atom. The topological polar surface area (TPSA) is 78.9 Å². The molecule has 3 rings (SSSR count). The second-order valence-corrected chi connectivity index (χ2v) is 4.94. The van der Waals surface area contributed by atoms with E-state index in [0.29, 0.717) is 30.9 Å². The summed E-state index contributed by atoms with van der Waals surface area (Å²) in [5.74, 6) is 1.15. The normalized spacial score (nSPS) is 14.7. The van der Waals surface area contributed by atoms with Crippen LogP contribution in [-0.2, 0) is 17.8 Å². The molecular weight excluding hydrogens is 242 g/mol. The third-order valence-electron chi connectivity index (χ3n) is 3.31. The Balaban J connectivity index is 2.10. The maximum absolute atomic E-state index is 6.01. The number of ether oxygens (including phenoxy) is 1. The maximum atomic E-state index is 6.01. The van der Waals surface area contributed by atoms with E-state index in [1.165, 1.54) is 0 Å². The highest BCUT2D eigenvalue weighted by Crippen LogP contribution is 2.25. The highest BCUT2D eigenvalue weighted by molar-refractivity contribution is 5.55. The molecule has 2 aromatic rings. The van der Waals surface area contributed by atoms with Crippen LogP contribution in [0.5, 0.6) is 0 Å². The van der Waals surface area contributed by atoms with E-state index in [9.17, 15) is 0 Å². The van der Waals surface area contributed by atoms with Crippen molar-refractivity contribution in [2.75, 3.05) is 12.3 Å². The predicted octanol–water partition coefficient (Wildman–Crippen LogP) is 1.58. The van der Waals surface area contributed by atoms with Crippen LogP contribution in [0.15, 0.2) is 12.5 Å². The molecule has 0 fully saturated rings. The minimum atomic E-state index is 0.307. The summed E-state index contributed by atoms with van der Waals surface area (Å²) in [5.41, 5.74) is 8.83. The number of imidazole rings is 1. The molecule has 0 atom stereocenters. The van der Waals surface area contributed by atoms with E-state index in [2.05, 4.69) is 28.8 Å². The molecule has 100 valence electrons. The van der Waals surface area contributed by atoms with Crippen molar-refractivity contribution in [3.63, 3.8) is 0 Å². The van der Waals surface area contributed by atoms with Crippen LogP contribution in [0.2, 0.25) is 0 Å². The number of nitrogens with two attached hydrogens (primary N) is 1. The van der Waals surface area contributed by atoms with Gasteiger partial charge >= 0.3 is 0 Å². The van der Waals surface area contributed by atoms with Crippen LogP contribution in [0.3, 0.4) is 0 Å². The zero-order valence-electron chi connectivity index (χ0n) is 11.1. The van der Waals surface area contributed by atoms with E-state index in [4.69, 9.17) is 10.5 Å². The van der Waals surface area contributed by atoms with E-state index in [0.717, 1.165) is 23.4 Å². The molecule has 1 aliphatic rings. The van der Waals surface area contributed by atoms with Gasteiger partial charge in [-0.3, -0.25) is 0 Å². The molecule has 6 heteroatoms. The van der Waals surface area contributed by atoms with Gasteiger partial charge in [-0.15, -0.1) is 0 Å². The molecule has 0 saturated carbocycles. The Hall–Kier alpha value is -1.95. The average Bonchev–Trinajstić information content (AvgIpc) is 2.88. The number of hydrogen-bond donors (Lipinski definition) is 1. The summed E-state index contributed by atoms with van der Waals surface area (Å²) in [4.78, 5) is 13.2. The standard InChI is InChI=1S/C13H17N5O/c1-8(2)18-7-15-5-11(18)13-16-10-3-4-19-6-9(10)12(14)17-13/h5,7-8H,3-4,6H2,1-2H3,(H2,14,16,17). The minimum absolute atomic E-state index is 0.307. The fraction of sp³-hybridized carbons (Fsp3) is 0.462. The van der Waals surface area contributed by atoms with Crippen molar-refractivity contribution in [1.29, 1.82) is 0 Å². The first kappa shape index (κ1) is 12.1. The van der Waals surface area contributed by atoms with Crippen molar-refractivity contribution >= 4 is 5.82 Å². The minimum Gasteiger partial charge on any atom is -0.383 e. The van der Waals surface area contributed by atoms with Gasteiger partial charge in [0.1, 0.15) is 11.5 Å². The summed E-state index contributed by atoms with van der Waals surface area (Å²) < 4.78 is 7.43. The predicted molar refractivity (Wildman–Crippen MR) is 71.4 cm³/mol. The molecule has 2 aromatic heterocycles. The van der Waals surface area contributed by atoms with Gasteiger partial charge in [-0.25, -0.2) is 15.0 Å². The van der Waals surface area contributed by atoms with Crippen LogP contribution in [-0.4, -0.2) is 26.1 Å². The van der Waals surface area contributed by atoms with Gasteiger partial charge in [-0.1, -0.05) is 0 Å². The van der Waals surface area contributed by atoms with E-state index >= 15 is 0 Å². The molecule has 0 bridgehead atoms. The Bertz CT molecular complexity index is 605. The number of anilines is 1. The van der Waals surface area contributed by atoms with Crippen molar-refractivity contribution < 1.29 is 4.74 Å². The molecule has 0 radical (unpaired) electrons.